The Morgan fingerprint density at radius 2 is 0.922 bits per heavy atom. The van der Waals surface area contributed by atoms with Crippen LogP contribution in [-0.2, 0) is 4.57 Å². The number of furan rings is 1. The molecule has 0 radical (unpaired) electrons. The van der Waals surface area contributed by atoms with Gasteiger partial charge < -0.3 is 8.98 Å². The molecular weight excluding hydrogens is 640 g/mol. The molecule has 2 nitrogen and oxygen atoms in total. The first-order valence-corrected chi connectivity index (χ1v) is 19.0. The fraction of sp³-hybridized carbons (Fsp3) is 0. The molecule has 0 unspecified atom stereocenters. The number of hydrogen-bond acceptors (Lipinski definition) is 2. The molecule has 0 amide bonds. The van der Waals surface area contributed by atoms with Gasteiger partial charge in [0, 0.05) is 32.2 Å². The summed E-state index contributed by atoms with van der Waals surface area (Å²) in [5.74, 6) is 0. The fourth-order valence-electron chi connectivity index (χ4n) is 7.89. The topological polar surface area (TPSA) is 30.2 Å². The second-order valence-corrected chi connectivity index (χ2v) is 16.0. The van der Waals surface area contributed by atoms with E-state index in [-0.39, 0.29) is 0 Å². The molecule has 9 aromatic carbocycles. The Kier molecular flexibility index (Phi) is 6.81. The van der Waals surface area contributed by atoms with Crippen LogP contribution in [0.3, 0.4) is 0 Å². The first-order valence-electron chi connectivity index (χ1n) is 17.3. The summed E-state index contributed by atoms with van der Waals surface area (Å²) in [5.41, 5.74) is 6.09. The van der Waals surface area contributed by atoms with Crippen molar-refractivity contribution < 1.29 is 8.98 Å². The maximum Gasteiger partial charge on any atom is 0.171 e. The summed E-state index contributed by atoms with van der Waals surface area (Å²) in [4.78, 5) is 0. The largest absolute Gasteiger partial charge is 0.455 e. The Morgan fingerprint density at radius 3 is 1.63 bits per heavy atom. The molecule has 0 saturated carbocycles. The summed E-state index contributed by atoms with van der Waals surface area (Å²) < 4.78 is 22.1. The van der Waals surface area contributed by atoms with Gasteiger partial charge in [0.15, 0.2) is 7.14 Å². The zero-order chi connectivity index (χ0) is 33.9. The van der Waals surface area contributed by atoms with Gasteiger partial charge >= 0.3 is 0 Å². The van der Waals surface area contributed by atoms with E-state index >= 15 is 4.57 Å². The number of fused-ring (bicyclic) bond motifs is 7. The molecule has 0 spiro atoms. The number of benzene rings is 9. The maximum atomic E-state index is 15.3. The second kappa shape index (κ2) is 11.7. The lowest BCUT2D eigenvalue weighted by Gasteiger charge is -2.21. The summed E-state index contributed by atoms with van der Waals surface area (Å²) in [5, 5.41) is 11.7. The minimum Gasteiger partial charge on any atom is -0.455 e. The van der Waals surface area contributed by atoms with Crippen molar-refractivity contribution in [1.82, 2.24) is 0 Å². The van der Waals surface area contributed by atoms with Gasteiger partial charge in [0.05, 0.1) is 0 Å². The highest BCUT2D eigenvalue weighted by Crippen LogP contribution is 2.46. The summed E-state index contributed by atoms with van der Waals surface area (Å²) >= 11 is 0. The Morgan fingerprint density at radius 1 is 0.373 bits per heavy atom. The molecule has 10 rings (SSSR count). The van der Waals surface area contributed by atoms with Crippen molar-refractivity contribution >= 4 is 77.3 Å². The SMILES string of the molecule is O=P(c1ccccc1)(c1ccccc1)c1cccc(-c2ccc(-c3cc4ccccc4c4c3oc3cc5ccccc5cc34)c3ccccc23)c1. The number of hydrogen-bond donors (Lipinski definition) is 0. The van der Waals surface area contributed by atoms with Gasteiger partial charge in [0.2, 0.25) is 0 Å². The van der Waals surface area contributed by atoms with E-state index < -0.39 is 7.14 Å². The summed E-state index contributed by atoms with van der Waals surface area (Å²) in [7, 11) is -3.14. The van der Waals surface area contributed by atoms with E-state index in [4.69, 9.17) is 4.42 Å². The minimum absolute atomic E-state index is 0.816. The molecule has 0 aliphatic rings. The van der Waals surface area contributed by atoms with Crippen LogP contribution in [0, 0.1) is 0 Å². The third kappa shape index (κ3) is 4.68. The molecule has 0 N–H and O–H groups in total. The molecule has 0 bridgehead atoms. The van der Waals surface area contributed by atoms with Crippen LogP contribution in [0.1, 0.15) is 0 Å². The van der Waals surface area contributed by atoms with Gasteiger partial charge in [-0.1, -0.05) is 164 Å². The van der Waals surface area contributed by atoms with E-state index in [2.05, 4.69) is 115 Å². The zero-order valence-electron chi connectivity index (χ0n) is 27.7. The van der Waals surface area contributed by atoms with Gasteiger partial charge in [-0.15, -0.1) is 0 Å². The summed E-state index contributed by atoms with van der Waals surface area (Å²) in [6.45, 7) is 0. The normalized spacial score (nSPS) is 12.0. The fourth-order valence-corrected chi connectivity index (χ4v) is 10.6. The maximum absolute atomic E-state index is 15.3. The average Bonchev–Trinajstić information content (AvgIpc) is 3.58. The minimum atomic E-state index is -3.14. The smallest absolute Gasteiger partial charge is 0.171 e. The highest BCUT2D eigenvalue weighted by molar-refractivity contribution is 7.85. The van der Waals surface area contributed by atoms with Crippen molar-refractivity contribution in [3.8, 4) is 22.3 Å². The standard InChI is InChI=1S/C48H31O2P/c49-51(36-18-3-1-4-19-36,37-20-5-2-6-21-37)38-22-13-17-34(28-38)39-26-27-43(42-25-12-11-24-41(39)42)44-30-35-16-9-10-23-40(35)47-45-29-32-14-7-8-15-33(32)31-46(45)50-48(44)47/h1-31H. The average molecular weight is 671 g/mol. The van der Waals surface area contributed by atoms with E-state index in [0.29, 0.717) is 0 Å². The van der Waals surface area contributed by atoms with Crippen LogP contribution in [0.2, 0.25) is 0 Å². The van der Waals surface area contributed by atoms with Crippen molar-refractivity contribution in [2.75, 3.05) is 0 Å². The van der Waals surface area contributed by atoms with E-state index in [9.17, 15) is 0 Å². The lowest BCUT2D eigenvalue weighted by molar-refractivity contribution is 0.592. The molecule has 1 heterocycles. The molecule has 0 saturated heterocycles. The third-order valence-corrected chi connectivity index (χ3v) is 13.4. The molecule has 10 aromatic rings. The van der Waals surface area contributed by atoms with Crippen molar-refractivity contribution in [3.05, 3.63) is 188 Å². The quantitative estimate of drug-likeness (QED) is 0.171. The Balaban J connectivity index is 1.20. The van der Waals surface area contributed by atoms with Crippen molar-refractivity contribution in [2.24, 2.45) is 0 Å². The summed E-state index contributed by atoms with van der Waals surface area (Å²) in [6.07, 6.45) is 0. The van der Waals surface area contributed by atoms with Crippen LogP contribution in [0.5, 0.6) is 0 Å². The predicted molar refractivity (Wildman–Crippen MR) is 217 cm³/mol. The molecule has 0 fully saturated rings. The molecule has 3 heteroatoms. The van der Waals surface area contributed by atoms with Gasteiger partial charge in [-0.25, -0.2) is 0 Å². The Labute approximate surface area is 295 Å². The third-order valence-electron chi connectivity index (χ3n) is 10.3. The first-order chi connectivity index (χ1) is 25.2. The van der Waals surface area contributed by atoms with Crippen molar-refractivity contribution in [1.29, 1.82) is 0 Å². The van der Waals surface area contributed by atoms with Crippen LogP contribution >= 0.6 is 7.14 Å². The van der Waals surface area contributed by atoms with E-state index in [1.807, 2.05) is 72.8 Å². The van der Waals surface area contributed by atoms with Crippen molar-refractivity contribution in [3.63, 3.8) is 0 Å². The van der Waals surface area contributed by atoms with Crippen molar-refractivity contribution in [2.45, 2.75) is 0 Å². The van der Waals surface area contributed by atoms with E-state index in [1.165, 1.54) is 16.2 Å². The molecular formula is C48H31O2P. The Bertz CT molecular complexity index is 2950. The van der Waals surface area contributed by atoms with E-state index in [0.717, 1.165) is 76.3 Å². The van der Waals surface area contributed by atoms with Crippen LogP contribution in [0.15, 0.2) is 192 Å². The molecule has 0 aliphatic heterocycles. The first kappa shape index (κ1) is 29.7. The van der Waals surface area contributed by atoms with Gasteiger partial charge in [-0.05, 0) is 73.3 Å². The highest BCUT2D eigenvalue weighted by atomic mass is 31.2. The van der Waals surface area contributed by atoms with Gasteiger partial charge in [-0.3, -0.25) is 0 Å². The van der Waals surface area contributed by atoms with Gasteiger partial charge in [0.25, 0.3) is 0 Å². The molecule has 51 heavy (non-hydrogen) atoms. The van der Waals surface area contributed by atoms with Crippen LogP contribution in [0.25, 0.3) is 76.5 Å². The van der Waals surface area contributed by atoms with Crippen LogP contribution in [0.4, 0.5) is 0 Å². The monoisotopic (exact) mass is 670 g/mol. The van der Waals surface area contributed by atoms with Gasteiger partial charge in [0.1, 0.15) is 11.2 Å². The predicted octanol–water partition coefficient (Wildman–Crippen LogP) is 12.0. The van der Waals surface area contributed by atoms with Gasteiger partial charge in [-0.2, -0.15) is 0 Å². The lowest BCUT2D eigenvalue weighted by atomic mass is 9.90. The highest BCUT2D eigenvalue weighted by Gasteiger charge is 2.30. The molecule has 0 aliphatic carbocycles. The Hall–Kier alpha value is -6.21. The lowest BCUT2D eigenvalue weighted by Crippen LogP contribution is -2.25. The molecule has 1 aromatic heterocycles. The zero-order valence-corrected chi connectivity index (χ0v) is 28.6. The molecule has 240 valence electrons. The van der Waals surface area contributed by atoms with E-state index in [1.54, 1.807) is 0 Å². The van der Waals surface area contributed by atoms with Crippen LogP contribution < -0.4 is 15.9 Å². The summed E-state index contributed by atoms with van der Waals surface area (Å²) in [6, 6.07) is 64.9. The van der Waals surface area contributed by atoms with Crippen LogP contribution in [-0.4, -0.2) is 0 Å². The second-order valence-electron chi connectivity index (χ2n) is 13.2. The molecule has 0 atom stereocenters. The number of rotatable bonds is 5.